The van der Waals surface area contributed by atoms with Crippen molar-refractivity contribution in [1.29, 1.82) is 0 Å². The molecule has 6 heteroatoms. The molecule has 4 nitrogen and oxygen atoms in total. The number of halogens is 2. The molecule has 0 aliphatic rings. The molecule has 0 unspecified atom stereocenters. The van der Waals surface area contributed by atoms with Crippen molar-refractivity contribution in [2.75, 3.05) is 0 Å². The molecule has 0 amide bonds. The van der Waals surface area contributed by atoms with E-state index >= 15 is 0 Å². The van der Waals surface area contributed by atoms with E-state index in [2.05, 4.69) is 9.78 Å². The maximum Gasteiger partial charge on any atom is 0.387 e. The SMILES string of the molecule is O=C(OOC(=O)c1ccccc1Cl)c1ccccc1Cl. The van der Waals surface area contributed by atoms with Crippen LogP contribution in [0.3, 0.4) is 0 Å². The van der Waals surface area contributed by atoms with E-state index in [1.165, 1.54) is 24.3 Å². The van der Waals surface area contributed by atoms with Crippen molar-refractivity contribution in [2.45, 2.75) is 0 Å². The molecule has 0 aliphatic heterocycles. The summed E-state index contributed by atoms with van der Waals surface area (Å²) in [5.74, 6) is -1.73. The molecule has 2 rings (SSSR count). The molecule has 0 N–H and O–H groups in total. The Labute approximate surface area is 124 Å². The summed E-state index contributed by atoms with van der Waals surface area (Å²) >= 11 is 11.6. The van der Waals surface area contributed by atoms with E-state index in [-0.39, 0.29) is 21.2 Å². The van der Waals surface area contributed by atoms with Gasteiger partial charge in [-0.15, -0.1) is 0 Å². The lowest BCUT2D eigenvalue weighted by atomic mass is 10.2. The van der Waals surface area contributed by atoms with Gasteiger partial charge in [0, 0.05) is 0 Å². The highest BCUT2D eigenvalue weighted by Crippen LogP contribution is 2.18. The average Bonchev–Trinajstić information content (AvgIpc) is 2.45. The van der Waals surface area contributed by atoms with Gasteiger partial charge >= 0.3 is 11.9 Å². The number of rotatable bonds is 2. The largest absolute Gasteiger partial charge is 0.387 e. The van der Waals surface area contributed by atoms with Crippen LogP contribution in [0, 0.1) is 0 Å². The third kappa shape index (κ3) is 3.29. The Morgan fingerprint density at radius 3 is 1.40 bits per heavy atom. The highest BCUT2D eigenvalue weighted by Gasteiger charge is 2.17. The Balaban J connectivity index is 2.03. The van der Waals surface area contributed by atoms with Gasteiger partial charge < -0.3 is 0 Å². The highest BCUT2D eigenvalue weighted by molar-refractivity contribution is 6.34. The van der Waals surface area contributed by atoms with Crippen molar-refractivity contribution in [3.63, 3.8) is 0 Å². The van der Waals surface area contributed by atoms with Crippen LogP contribution in [0.2, 0.25) is 10.0 Å². The van der Waals surface area contributed by atoms with Gasteiger partial charge in [0.2, 0.25) is 0 Å². The number of carbonyl (C=O) groups is 2. The topological polar surface area (TPSA) is 52.6 Å². The molecular weight excluding hydrogens is 303 g/mol. The van der Waals surface area contributed by atoms with E-state index in [9.17, 15) is 9.59 Å². The first-order valence-electron chi connectivity index (χ1n) is 5.52. The summed E-state index contributed by atoms with van der Waals surface area (Å²) in [6.45, 7) is 0. The van der Waals surface area contributed by atoms with Crippen molar-refractivity contribution in [2.24, 2.45) is 0 Å². The summed E-state index contributed by atoms with van der Waals surface area (Å²) in [5.41, 5.74) is 0.197. The lowest BCUT2D eigenvalue weighted by Gasteiger charge is -2.05. The van der Waals surface area contributed by atoms with E-state index in [1.807, 2.05) is 0 Å². The first-order chi connectivity index (χ1) is 9.59. The number of hydrogen-bond donors (Lipinski definition) is 0. The van der Waals surface area contributed by atoms with E-state index < -0.39 is 11.9 Å². The van der Waals surface area contributed by atoms with Gasteiger partial charge in [0.1, 0.15) is 0 Å². The van der Waals surface area contributed by atoms with Crippen molar-refractivity contribution in [3.8, 4) is 0 Å². The van der Waals surface area contributed by atoms with Crippen LogP contribution < -0.4 is 0 Å². The third-order valence-corrected chi connectivity index (χ3v) is 3.04. The van der Waals surface area contributed by atoms with Crippen LogP contribution >= 0.6 is 23.2 Å². The minimum absolute atomic E-state index is 0.0983. The average molecular weight is 311 g/mol. The van der Waals surface area contributed by atoms with Crippen molar-refractivity contribution in [1.82, 2.24) is 0 Å². The van der Waals surface area contributed by atoms with Gasteiger partial charge in [-0.05, 0) is 24.3 Å². The van der Waals surface area contributed by atoms with Gasteiger partial charge in [-0.3, -0.25) is 0 Å². The number of hydrogen-bond acceptors (Lipinski definition) is 4. The summed E-state index contributed by atoms with van der Waals surface area (Å²) in [7, 11) is 0. The fourth-order valence-electron chi connectivity index (χ4n) is 1.42. The second-order valence-corrected chi connectivity index (χ2v) is 4.52. The second-order valence-electron chi connectivity index (χ2n) is 3.70. The summed E-state index contributed by atoms with van der Waals surface area (Å²) < 4.78 is 0. The van der Waals surface area contributed by atoms with Crippen LogP contribution in [-0.2, 0) is 9.78 Å². The molecule has 0 saturated carbocycles. The zero-order valence-electron chi connectivity index (χ0n) is 10.0. The maximum atomic E-state index is 11.7. The predicted octanol–water partition coefficient (Wildman–Crippen LogP) is 3.92. The zero-order chi connectivity index (χ0) is 14.5. The van der Waals surface area contributed by atoms with Crippen molar-refractivity contribution < 1.29 is 19.4 Å². The molecule has 0 aliphatic carbocycles. The summed E-state index contributed by atoms with van der Waals surface area (Å²) in [5, 5.41) is 0.401. The quantitative estimate of drug-likeness (QED) is 0.623. The Bertz CT molecular complexity index is 598. The van der Waals surface area contributed by atoms with Gasteiger partial charge in [-0.25, -0.2) is 19.4 Å². The summed E-state index contributed by atoms with van der Waals surface area (Å²) in [6, 6.07) is 12.5. The molecule has 0 atom stereocenters. The first-order valence-corrected chi connectivity index (χ1v) is 6.27. The summed E-state index contributed by atoms with van der Waals surface area (Å²) in [6.07, 6.45) is 0. The lowest BCUT2D eigenvalue weighted by molar-refractivity contribution is -0.187. The number of carbonyl (C=O) groups excluding carboxylic acids is 2. The Morgan fingerprint density at radius 1 is 0.700 bits per heavy atom. The minimum Gasteiger partial charge on any atom is -0.241 e. The van der Waals surface area contributed by atoms with Crippen LogP contribution in [0.5, 0.6) is 0 Å². The molecule has 0 bridgehead atoms. The molecule has 102 valence electrons. The van der Waals surface area contributed by atoms with Crippen LogP contribution in [0.4, 0.5) is 0 Å². The minimum atomic E-state index is -0.865. The molecule has 0 heterocycles. The van der Waals surface area contributed by atoms with Gasteiger partial charge in [-0.1, -0.05) is 47.5 Å². The van der Waals surface area contributed by atoms with E-state index in [0.29, 0.717) is 0 Å². The first kappa shape index (κ1) is 14.4. The van der Waals surface area contributed by atoms with Crippen LogP contribution in [0.1, 0.15) is 20.7 Å². The van der Waals surface area contributed by atoms with Gasteiger partial charge in [0.05, 0.1) is 21.2 Å². The molecule has 20 heavy (non-hydrogen) atoms. The lowest BCUT2D eigenvalue weighted by Crippen LogP contribution is -2.12. The molecule has 0 radical (unpaired) electrons. The monoisotopic (exact) mass is 310 g/mol. The maximum absolute atomic E-state index is 11.7. The molecule has 0 fully saturated rings. The van der Waals surface area contributed by atoms with Gasteiger partial charge in [0.25, 0.3) is 0 Å². The van der Waals surface area contributed by atoms with E-state index in [0.717, 1.165) is 0 Å². The van der Waals surface area contributed by atoms with Gasteiger partial charge in [-0.2, -0.15) is 0 Å². The molecular formula is C14H8Cl2O4. The van der Waals surface area contributed by atoms with Crippen molar-refractivity contribution >= 4 is 35.1 Å². The second kappa shape index (κ2) is 6.41. The molecule has 0 spiro atoms. The Hall–Kier alpha value is -2.04. The van der Waals surface area contributed by atoms with Crippen molar-refractivity contribution in [3.05, 3.63) is 69.7 Å². The molecule has 2 aromatic carbocycles. The standard InChI is InChI=1S/C14H8Cl2O4/c15-11-7-3-1-5-9(11)13(17)19-20-14(18)10-6-2-4-8-12(10)16/h1-8H. The van der Waals surface area contributed by atoms with Crippen LogP contribution in [0.15, 0.2) is 48.5 Å². The van der Waals surface area contributed by atoms with Crippen LogP contribution in [-0.4, -0.2) is 11.9 Å². The Morgan fingerprint density at radius 2 is 1.05 bits per heavy atom. The molecule has 2 aromatic rings. The fraction of sp³-hybridized carbons (Fsp3) is 0. The summed E-state index contributed by atoms with van der Waals surface area (Å²) in [4.78, 5) is 32.2. The fourth-order valence-corrected chi connectivity index (χ4v) is 1.84. The number of benzene rings is 2. The predicted molar refractivity (Wildman–Crippen MR) is 73.7 cm³/mol. The smallest absolute Gasteiger partial charge is 0.241 e. The molecule has 0 aromatic heterocycles. The zero-order valence-corrected chi connectivity index (χ0v) is 11.5. The van der Waals surface area contributed by atoms with E-state index in [4.69, 9.17) is 23.2 Å². The normalized spacial score (nSPS) is 9.90. The van der Waals surface area contributed by atoms with Crippen LogP contribution in [0.25, 0.3) is 0 Å². The third-order valence-electron chi connectivity index (χ3n) is 2.38. The highest BCUT2D eigenvalue weighted by atomic mass is 35.5. The van der Waals surface area contributed by atoms with E-state index in [1.54, 1.807) is 24.3 Å². The Kier molecular flexibility index (Phi) is 4.61. The van der Waals surface area contributed by atoms with Gasteiger partial charge in [0.15, 0.2) is 0 Å². The molecule has 0 saturated heterocycles.